The molecule has 4 nitrogen and oxygen atoms in total. The lowest BCUT2D eigenvalue weighted by atomic mass is 9.90. The number of nitrogens with one attached hydrogen (secondary N) is 1. The average Bonchev–Trinajstić information content (AvgIpc) is 3.56. The number of phenols is 1. The van der Waals surface area contributed by atoms with E-state index in [1.807, 2.05) is 59.7 Å². The van der Waals surface area contributed by atoms with Crippen LogP contribution >= 0.6 is 0 Å². The quantitative estimate of drug-likeness (QED) is 0.396. The molecule has 0 bridgehead atoms. The zero-order chi connectivity index (χ0) is 30.2. The van der Waals surface area contributed by atoms with Crippen LogP contribution in [-0.2, 0) is 6.42 Å². The van der Waals surface area contributed by atoms with Gasteiger partial charge in [0.1, 0.15) is 5.75 Å². The van der Waals surface area contributed by atoms with Crippen molar-refractivity contribution in [3.63, 3.8) is 0 Å². The first kappa shape index (κ1) is 34.2. The molecule has 5 rings (SSSR count). The van der Waals surface area contributed by atoms with Crippen LogP contribution in [0, 0.1) is 5.92 Å². The minimum atomic E-state index is 0.250. The first-order chi connectivity index (χ1) is 19.4. The summed E-state index contributed by atoms with van der Waals surface area (Å²) in [4.78, 5) is 0. The number of phenolic OH excluding ortho intramolecular Hbond substituents is 1. The van der Waals surface area contributed by atoms with Crippen molar-refractivity contribution in [3.8, 4) is 5.75 Å². The fourth-order valence-electron chi connectivity index (χ4n) is 4.58. The molecule has 0 fully saturated rings. The number of aryl methyl sites for hydroxylation is 1. The van der Waals surface area contributed by atoms with E-state index in [2.05, 4.69) is 79.6 Å². The first-order valence-electron chi connectivity index (χ1n) is 14.7. The third-order valence-corrected chi connectivity index (χ3v) is 6.67. The maximum Gasteiger partial charge on any atom is 0.116 e. The van der Waals surface area contributed by atoms with Gasteiger partial charge in [-0.15, -0.1) is 0 Å². The Kier molecular flexibility index (Phi) is 15.2. The van der Waals surface area contributed by atoms with Crippen molar-refractivity contribution in [2.45, 2.75) is 67.2 Å². The minimum Gasteiger partial charge on any atom is -0.508 e. The standard InChI is InChI=1S/C20H23N3.C10H10O.3C2H6/c1-5-21-15(3)14(2)16-6-8-17(9-7-16)18-10-11-20-19(12-18)13-23(4)22-20;1-7-2-3-8-4-5-9(11)6-10(7)8;3*1-2/h5-12,14,19,21H,1,3,13H2,2,4H3;4-6,11H,1-3H2;3*1-2H3. The van der Waals surface area contributed by atoms with E-state index in [1.165, 1.54) is 22.3 Å². The summed E-state index contributed by atoms with van der Waals surface area (Å²) in [5.41, 5.74) is 9.48. The summed E-state index contributed by atoms with van der Waals surface area (Å²) in [6.07, 6.45) is 10.4. The number of aromatic hydroxyl groups is 1. The Morgan fingerprint density at radius 1 is 1.02 bits per heavy atom. The lowest BCUT2D eigenvalue weighted by molar-refractivity contribution is 0.376. The van der Waals surface area contributed by atoms with Crippen LogP contribution in [0.1, 0.15) is 83.1 Å². The number of benzene rings is 2. The lowest BCUT2D eigenvalue weighted by Gasteiger charge is -2.17. The van der Waals surface area contributed by atoms with E-state index < -0.39 is 0 Å². The smallest absolute Gasteiger partial charge is 0.116 e. The fourth-order valence-corrected chi connectivity index (χ4v) is 4.58. The minimum absolute atomic E-state index is 0.250. The number of allylic oxidation sites excluding steroid dienone is 5. The number of rotatable bonds is 5. The zero-order valence-electron chi connectivity index (χ0n) is 26.1. The highest BCUT2D eigenvalue weighted by Crippen LogP contribution is 2.33. The molecule has 2 unspecified atom stereocenters. The van der Waals surface area contributed by atoms with Gasteiger partial charge < -0.3 is 10.4 Å². The molecule has 2 aromatic carbocycles. The Labute approximate surface area is 244 Å². The van der Waals surface area contributed by atoms with E-state index in [9.17, 15) is 5.11 Å². The molecule has 216 valence electrons. The maximum atomic E-state index is 9.17. The van der Waals surface area contributed by atoms with Gasteiger partial charge >= 0.3 is 0 Å². The monoisotopic (exact) mass is 541 g/mol. The number of hydrogen-bond donors (Lipinski definition) is 2. The Hall–Kier alpha value is -3.79. The van der Waals surface area contributed by atoms with E-state index in [-0.39, 0.29) is 5.92 Å². The van der Waals surface area contributed by atoms with Crippen LogP contribution in [-0.4, -0.2) is 29.4 Å². The van der Waals surface area contributed by atoms with Crippen LogP contribution in [0.5, 0.6) is 5.75 Å². The molecule has 0 aromatic heterocycles. The Balaban J connectivity index is 0.000000393. The predicted octanol–water partition coefficient (Wildman–Crippen LogP) is 9.34. The number of nitrogens with zero attached hydrogens (tertiary/aromatic N) is 2. The van der Waals surface area contributed by atoms with E-state index in [0.29, 0.717) is 11.7 Å². The van der Waals surface area contributed by atoms with Crippen LogP contribution in [0.25, 0.3) is 11.1 Å². The summed E-state index contributed by atoms with van der Waals surface area (Å²) in [6, 6.07) is 14.2. The SMILES string of the molecule is C=C1CCc2ccc(O)cc21.C=CNC(=C)C(C)c1ccc(C2=CC3CN(C)N=C3C=C2)cc1.CC.CC.CC. The molecule has 0 saturated carbocycles. The Morgan fingerprint density at radius 3 is 2.30 bits per heavy atom. The molecular weight excluding hydrogens is 490 g/mol. The molecule has 2 N–H and O–H groups in total. The molecular formula is C36H51N3O. The van der Waals surface area contributed by atoms with Gasteiger partial charge in [-0.2, -0.15) is 5.10 Å². The second-order valence-corrected chi connectivity index (χ2v) is 9.09. The van der Waals surface area contributed by atoms with Gasteiger partial charge in [-0.1, -0.05) is 111 Å². The molecule has 1 heterocycles. The summed E-state index contributed by atoms with van der Waals surface area (Å²) in [5, 5.41) is 18.8. The lowest BCUT2D eigenvalue weighted by Crippen LogP contribution is -2.15. The largest absolute Gasteiger partial charge is 0.508 e. The topological polar surface area (TPSA) is 47.9 Å². The normalized spacial score (nSPS) is 16.4. The zero-order valence-corrected chi connectivity index (χ0v) is 26.1. The van der Waals surface area contributed by atoms with Crippen molar-refractivity contribution < 1.29 is 5.11 Å². The molecule has 0 amide bonds. The second kappa shape index (κ2) is 17.7. The molecule has 2 atom stereocenters. The van der Waals surface area contributed by atoms with E-state index in [4.69, 9.17) is 0 Å². The second-order valence-electron chi connectivity index (χ2n) is 9.09. The summed E-state index contributed by atoms with van der Waals surface area (Å²) in [7, 11) is 2.02. The van der Waals surface area contributed by atoms with Crippen molar-refractivity contribution >= 4 is 16.9 Å². The molecule has 3 aliphatic rings. The van der Waals surface area contributed by atoms with E-state index in [0.717, 1.165) is 41.9 Å². The molecule has 1 aliphatic heterocycles. The van der Waals surface area contributed by atoms with Gasteiger partial charge in [0.2, 0.25) is 0 Å². The van der Waals surface area contributed by atoms with E-state index >= 15 is 0 Å². The molecule has 0 saturated heterocycles. The third-order valence-electron chi connectivity index (χ3n) is 6.67. The molecule has 2 aromatic rings. The predicted molar refractivity (Wildman–Crippen MR) is 178 cm³/mol. The third kappa shape index (κ3) is 9.15. The van der Waals surface area contributed by atoms with Gasteiger partial charge in [-0.3, -0.25) is 5.01 Å². The van der Waals surface area contributed by atoms with Gasteiger partial charge in [-0.05, 0) is 70.7 Å². The van der Waals surface area contributed by atoms with Crippen LogP contribution in [0.4, 0.5) is 0 Å². The first-order valence-corrected chi connectivity index (χ1v) is 14.7. The van der Waals surface area contributed by atoms with Gasteiger partial charge in [0.15, 0.2) is 0 Å². The van der Waals surface area contributed by atoms with Crippen LogP contribution < -0.4 is 5.32 Å². The van der Waals surface area contributed by atoms with Crippen molar-refractivity contribution in [2.24, 2.45) is 11.0 Å². The van der Waals surface area contributed by atoms with Gasteiger partial charge in [0, 0.05) is 31.1 Å². The number of fused-ring (bicyclic) bond motifs is 2. The van der Waals surface area contributed by atoms with Crippen molar-refractivity contribution in [1.29, 1.82) is 0 Å². The van der Waals surface area contributed by atoms with Crippen molar-refractivity contribution in [1.82, 2.24) is 10.3 Å². The Morgan fingerprint density at radius 2 is 1.68 bits per heavy atom. The summed E-state index contributed by atoms with van der Waals surface area (Å²) in [5.74, 6) is 1.00. The van der Waals surface area contributed by atoms with Crippen LogP contribution in [0.3, 0.4) is 0 Å². The molecule has 40 heavy (non-hydrogen) atoms. The Bertz CT molecular complexity index is 1200. The molecule has 4 heteroatoms. The fraction of sp³-hybridized carbons (Fsp3) is 0.361. The van der Waals surface area contributed by atoms with Crippen molar-refractivity contribution in [2.75, 3.05) is 13.6 Å². The summed E-state index contributed by atoms with van der Waals surface area (Å²) >= 11 is 0. The molecule has 0 radical (unpaired) electrons. The molecule has 2 aliphatic carbocycles. The van der Waals surface area contributed by atoms with Gasteiger partial charge in [0.05, 0.1) is 5.71 Å². The summed E-state index contributed by atoms with van der Waals surface area (Å²) in [6.45, 7) is 26.8. The summed E-state index contributed by atoms with van der Waals surface area (Å²) < 4.78 is 0. The highest BCUT2D eigenvalue weighted by atomic mass is 16.3. The van der Waals surface area contributed by atoms with Gasteiger partial charge in [-0.25, -0.2) is 0 Å². The van der Waals surface area contributed by atoms with Gasteiger partial charge in [0.25, 0.3) is 0 Å². The number of hydrogen-bond acceptors (Lipinski definition) is 4. The molecule has 0 spiro atoms. The van der Waals surface area contributed by atoms with E-state index in [1.54, 1.807) is 18.3 Å². The number of hydrazone groups is 1. The highest BCUT2D eigenvalue weighted by molar-refractivity contribution is 6.04. The van der Waals surface area contributed by atoms with Crippen molar-refractivity contribution in [3.05, 3.63) is 115 Å². The highest BCUT2D eigenvalue weighted by Gasteiger charge is 2.24. The maximum absolute atomic E-state index is 9.17. The van der Waals surface area contributed by atoms with Crippen LogP contribution in [0.15, 0.2) is 97.4 Å². The van der Waals surface area contributed by atoms with Crippen LogP contribution in [0.2, 0.25) is 0 Å². The average molecular weight is 542 g/mol.